The molecular formula is C29H31ClFN7O2S. The second kappa shape index (κ2) is 11.4. The molecule has 4 aromatic rings. The third-order valence-electron chi connectivity index (χ3n) is 7.49. The zero-order valence-corrected chi connectivity index (χ0v) is 24.2. The first-order valence-electron chi connectivity index (χ1n) is 13.6. The van der Waals surface area contributed by atoms with Gasteiger partial charge in [0, 0.05) is 84.8 Å². The molecule has 1 atom stereocenters. The Morgan fingerprint density at radius 3 is 2.41 bits per heavy atom. The van der Waals surface area contributed by atoms with Gasteiger partial charge in [-0.1, -0.05) is 11.6 Å². The van der Waals surface area contributed by atoms with Gasteiger partial charge in [0.05, 0.1) is 11.4 Å². The summed E-state index contributed by atoms with van der Waals surface area (Å²) in [5.41, 5.74) is 3.58. The average Bonchev–Trinajstić information content (AvgIpc) is 3.67. The Bertz CT molecular complexity index is 1640. The Hall–Kier alpha value is -3.51. The van der Waals surface area contributed by atoms with Crippen molar-refractivity contribution in [2.45, 2.75) is 25.8 Å². The molecule has 0 amide bonds. The molecule has 2 N–H and O–H groups in total. The van der Waals surface area contributed by atoms with Gasteiger partial charge in [-0.05, 0) is 68.3 Å². The molecule has 12 heteroatoms. The van der Waals surface area contributed by atoms with E-state index in [1.165, 1.54) is 16.4 Å². The van der Waals surface area contributed by atoms with Gasteiger partial charge in [0.15, 0.2) is 5.82 Å². The molecule has 0 radical (unpaired) electrons. The Kier molecular flexibility index (Phi) is 7.69. The fourth-order valence-corrected chi connectivity index (χ4v) is 6.91. The molecular weight excluding hydrogens is 565 g/mol. The van der Waals surface area contributed by atoms with Crippen LogP contribution in [0.15, 0.2) is 67.1 Å². The third kappa shape index (κ3) is 5.80. The summed E-state index contributed by atoms with van der Waals surface area (Å²) in [6.45, 7) is 5.76. The number of hydrogen-bond donors (Lipinski definition) is 2. The Morgan fingerprint density at radius 1 is 1.00 bits per heavy atom. The largest absolute Gasteiger partial charge is 0.369 e. The van der Waals surface area contributed by atoms with E-state index in [1.807, 2.05) is 12.1 Å². The second-order valence-corrected chi connectivity index (χ2v) is 12.5. The Labute approximate surface area is 244 Å². The molecule has 2 fully saturated rings. The van der Waals surface area contributed by atoms with E-state index in [0.717, 1.165) is 49.4 Å². The number of nitrogens with one attached hydrogen (secondary N) is 2. The van der Waals surface area contributed by atoms with Crippen molar-refractivity contribution in [1.82, 2.24) is 24.4 Å². The number of hydrogen-bond acceptors (Lipinski definition) is 6. The molecule has 0 saturated carbocycles. The molecule has 41 heavy (non-hydrogen) atoms. The van der Waals surface area contributed by atoms with Crippen LogP contribution in [0, 0.1) is 5.82 Å². The number of piperazine rings is 1. The standard InChI is InChI=1S/C29H31ClFN7O2S/c1-20-18-36(15-12-33-20)23-4-6-24(7-5-23)38-19-26(29(34-38)21-8-10-32-11-9-21)25-16-22(30)17-27(28(25)31)35-41(39,40)37-13-2-3-14-37/h4-11,16-17,19-20,33,35H,2-3,12-15,18H2,1H3/t20-/m1/s1. The minimum atomic E-state index is -3.92. The van der Waals surface area contributed by atoms with E-state index < -0.39 is 16.0 Å². The van der Waals surface area contributed by atoms with Crippen LogP contribution in [0.1, 0.15) is 19.8 Å². The minimum absolute atomic E-state index is 0.140. The van der Waals surface area contributed by atoms with Crippen LogP contribution in [-0.2, 0) is 10.2 Å². The SMILES string of the molecule is C[C@@H]1CN(c2ccc(-n3cc(-c4cc(Cl)cc(NS(=O)(=O)N5CCCC5)c4F)c(-c4ccncc4)n3)cc2)CCN1. The first-order valence-corrected chi connectivity index (χ1v) is 15.5. The Balaban J connectivity index is 1.39. The fraction of sp³-hybridized carbons (Fsp3) is 0.310. The van der Waals surface area contributed by atoms with Crippen LogP contribution < -0.4 is 14.9 Å². The maximum Gasteiger partial charge on any atom is 0.301 e. The molecule has 0 aliphatic carbocycles. The molecule has 214 valence electrons. The van der Waals surface area contributed by atoms with Crippen LogP contribution in [0.2, 0.25) is 5.02 Å². The summed E-state index contributed by atoms with van der Waals surface area (Å²) in [4.78, 5) is 6.44. The van der Waals surface area contributed by atoms with Crippen molar-refractivity contribution in [3.8, 4) is 28.1 Å². The first-order chi connectivity index (χ1) is 19.8. The number of halogens is 2. The molecule has 2 aliphatic rings. The summed E-state index contributed by atoms with van der Waals surface area (Å²) in [5, 5.41) is 8.48. The lowest BCUT2D eigenvalue weighted by atomic mass is 10.0. The van der Waals surface area contributed by atoms with Crippen molar-refractivity contribution in [1.29, 1.82) is 0 Å². The summed E-state index contributed by atoms with van der Waals surface area (Å²) in [6, 6.07) is 14.9. The highest BCUT2D eigenvalue weighted by Crippen LogP contribution is 2.38. The minimum Gasteiger partial charge on any atom is -0.369 e. The zero-order valence-electron chi connectivity index (χ0n) is 22.6. The van der Waals surface area contributed by atoms with Crippen molar-refractivity contribution in [3.05, 3.63) is 78.0 Å². The van der Waals surface area contributed by atoms with E-state index >= 15 is 4.39 Å². The maximum atomic E-state index is 16.1. The van der Waals surface area contributed by atoms with E-state index in [2.05, 4.69) is 39.0 Å². The fourth-order valence-electron chi connectivity index (χ4n) is 5.40. The van der Waals surface area contributed by atoms with Gasteiger partial charge in [-0.2, -0.15) is 17.8 Å². The second-order valence-electron chi connectivity index (χ2n) is 10.4. The highest BCUT2D eigenvalue weighted by Gasteiger charge is 2.28. The normalized spacial score (nSPS) is 18.1. The predicted molar refractivity (Wildman–Crippen MR) is 160 cm³/mol. The van der Waals surface area contributed by atoms with Crippen molar-refractivity contribution in [3.63, 3.8) is 0 Å². The summed E-state index contributed by atoms with van der Waals surface area (Å²) in [6.07, 6.45) is 6.57. The van der Waals surface area contributed by atoms with Crippen molar-refractivity contribution in [2.24, 2.45) is 0 Å². The van der Waals surface area contributed by atoms with Crippen LogP contribution in [0.25, 0.3) is 28.1 Å². The number of anilines is 2. The summed E-state index contributed by atoms with van der Waals surface area (Å²) >= 11 is 6.42. The van der Waals surface area contributed by atoms with Crippen LogP contribution in [0.3, 0.4) is 0 Å². The number of benzene rings is 2. The Morgan fingerprint density at radius 2 is 1.71 bits per heavy atom. The van der Waals surface area contributed by atoms with Gasteiger partial charge in [-0.3, -0.25) is 9.71 Å². The molecule has 2 saturated heterocycles. The third-order valence-corrected chi connectivity index (χ3v) is 9.23. The molecule has 4 heterocycles. The lowest BCUT2D eigenvalue weighted by Crippen LogP contribution is -2.49. The van der Waals surface area contributed by atoms with Gasteiger partial charge in [0.1, 0.15) is 5.69 Å². The molecule has 6 rings (SSSR count). The topological polar surface area (TPSA) is 95.4 Å². The van der Waals surface area contributed by atoms with E-state index in [1.54, 1.807) is 35.4 Å². The number of rotatable bonds is 7. The lowest BCUT2D eigenvalue weighted by molar-refractivity contribution is 0.482. The van der Waals surface area contributed by atoms with Crippen molar-refractivity contribution >= 4 is 33.2 Å². The summed E-state index contributed by atoms with van der Waals surface area (Å²) < 4.78 is 47.4. The van der Waals surface area contributed by atoms with Crippen molar-refractivity contribution in [2.75, 3.05) is 42.3 Å². The van der Waals surface area contributed by atoms with Crippen LogP contribution >= 0.6 is 11.6 Å². The van der Waals surface area contributed by atoms with Crippen LogP contribution in [0.5, 0.6) is 0 Å². The summed E-state index contributed by atoms with van der Waals surface area (Å²) in [7, 11) is -3.92. The lowest BCUT2D eigenvalue weighted by Gasteiger charge is -2.33. The highest BCUT2D eigenvalue weighted by atomic mass is 35.5. The molecule has 0 spiro atoms. The molecule has 0 unspecified atom stereocenters. The van der Waals surface area contributed by atoms with Crippen LogP contribution in [0.4, 0.5) is 15.8 Å². The number of pyridine rings is 1. The van der Waals surface area contributed by atoms with Gasteiger partial charge in [-0.25, -0.2) is 9.07 Å². The van der Waals surface area contributed by atoms with Gasteiger partial charge >= 0.3 is 10.2 Å². The highest BCUT2D eigenvalue weighted by molar-refractivity contribution is 7.90. The van der Waals surface area contributed by atoms with Crippen molar-refractivity contribution < 1.29 is 12.8 Å². The summed E-state index contributed by atoms with van der Waals surface area (Å²) in [5.74, 6) is -0.727. The zero-order chi connectivity index (χ0) is 28.6. The van der Waals surface area contributed by atoms with E-state index in [9.17, 15) is 8.42 Å². The maximum absolute atomic E-state index is 16.1. The van der Waals surface area contributed by atoms with Gasteiger partial charge < -0.3 is 10.2 Å². The molecule has 0 bridgehead atoms. The molecule has 2 aromatic heterocycles. The average molecular weight is 596 g/mol. The van der Waals surface area contributed by atoms with Gasteiger partial charge in [-0.15, -0.1) is 0 Å². The predicted octanol–water partition coefficient (Wildman–Crippen LogP) is 4.94. The van der Waals surface area contributed by atoms with E-state index in [0.29, 0.717) is 30.4 Å². The van der Waals surface area contributed by atoms with Crippen LogP contribution in [-0.4, -0.2) is 66.3 Å². The van der Waals surface area contributed by atoms with Gasteiger partial charge in [0.2, 0.25) is 0 Å². The molecule has 2 aliphatic heterocycles. The smallest absolute Gasteiger partial charge is 0.301 e. The molecule has 9 nitrogen and oxygen atoms in total. The first kappa shape index (κ1) is 27.6. The van der Waals surface area contributed by atoms with E-state index in [4.69, 9.17) is 16.7 Å². The quantitative estimate of drug-likeness (QED) is 0.314. The van der Waals surface area contributed by atoms with Gasteiger partial charge in [0.25, 0.3) is 0 Å². The monoisotopic (exact) mass is 595 g/mol. The van der Waals surface area contributed by atoms with E-state index in [-0.39, 0.29) is 16.3 Å². The number of aromatic nitrogens is 3. The number of nitrogens with zero attached hydrogens (tertiary/aromatic N) is 5. The molecule has 2 aromatic carbocycles.